The molecule has 2 aromatic heterocycles. The summed E-state index contributed by atoms with van der Waals surface area (Å²) in [4.78, 5) is 39.6. The van der Waals surface area contributed by atoms with E-state index in [1.807, 2.05) is 6.07 Å². The van der Waals surface area contributed by atoms with Gasteiger partial charge in [-0.1, -0.05) is 0 Å². The summed E-state index contributed by atoms with van der Waals surface area (Å²) in [5.41, 5.74) is -1.05. The van der Waals surface area contributed by atoms with E-state index in [0.717, 1.165) is 35.2 Å². The molecule has 0 radical (unpaired) electrons. The van der Waals surface area contributed by atoms with Crippen LogP contribution < -0.4 is 16.6 Å². The van der Waals surface area contributed by atoms with Gasteiger partial charge in [0, 0.05) is 11.8 Å². The fourth-order valence-electron chi connectivity index (χ4n) is 2.10. The Hall–Kier alpha value is -2.97. The molecule has 11 heteroatoms. The highest BCUT2D eigenvalue weighted by atomic mass is 32.2. The second-order valence-electron chi connectivity index (χ2n) is 4.95. The minimum Gasteiger partial charge on any atom is -0.325 e. The summed E-state index contributed by atoms with van der Waals surface area (Å²) in [5, 5.41) is 11.7. The molecule has 0 saturated heterocycles. The predicted octanol–water partition coefficient (Wildman–Crippen LogP) is 2.16. The molecule has 2 heterocycles. The summed E-state index contributed by atoms with van der Waals surface area (Å²) in [6.07, 6.45) is 0. The number of amides is 1. The number of carbonyl (C=O) groups excluding carboxylic acids is 1. The van der Waals surface area contributed by atoms with Crippen LogP contribution in [0.15, 0.2) is 32.0 Å². The van der Waals surface area contributed by atoms with Crippen LogP contribution in [0.5, 0.6) is 0 Å². The molecule has 0 saturated carbocycles. The summed E-state index contributed by atoms with van der Waals surface area (Å²) in [7, 11) is 0. The van der Waals surface area contributed by atoms with Crippen LogP contribution in [0.25, 0.3) is 10.2 Å². The van der Waals surface area contributed by atoms with E-state index in [4.69, 9.17) is 0 Å². The first-order valence-corrected chi connectivity index (χ1v) is 8.76. The maximum Gasteiger partial charge on any atom is 0.326 e. The SMILES string of the molecule is N#Cc1c(SCC(=O)Nc2ccc(F)c(F)c2)sc2c(=O)[nH]c(=O)[nH]c12. The number of aromatic amines is 2. The van der Waals surface area contributed by atoms with Gasteiger partial charge in [0.25, 0.3) is 5.56 Å². The van der Waals surface area contributed by atoms with E-state index in [1.165, 1.54) is 6.07 Å². The van der Waals surface area contributed by atoms with Crippen molar-refractivity contribution in [3.05, 3.63) is 56.2 Å². The van der Waals surface area contributed by atoms with Crippen molar-refractivity contribution in [1.82, 2.24) is 9.97 Å². The molecule has 0 aliphatic carbocycles. The number of fused-ring (bicyclic) bond motifs is 1. The van der Waals surface area contributed by atoms with E-state index in [0.29, 0.717) is 4.21 Å². The Morgan fingerprint density at radius 3 is 2.73 bits per heavy atom. The van der Waals surface area contributed by atoms with Crippen molar-refractivity contribution in [2.75, 3.05) is 11.1 Å². The number of rotatable bonds is 4. The molecule has 3 N–H and O–H groups in total. The molecule has 7 nitrogen and oxygen atoms in total. The highest BCUT2D eigenvalue weighted by Gasteiger charge is 2.17. The Bertz CT molecular complexity index is 1180. The van der Waals surface area contributed by atoms with Gasteiger partial charge in [-0.25, -0.2) is 13.6 Å². The van der Waals surface area contributed by atoms with Crippen LogP contribution in [-0.2, 0) is 4.79 Å². The van der Waals surface area contributed by atoms with Gasteiger partial charge < -0.3 is 10.3 Å². The van der Waals surface area contributed by atoms with Crippen LogP contribution in [-0.4, -0.2) is 21.6 Å². The Balaban J connectivity index is 1.79. The van der Waals surface area contributed by atoms with Crippen LogP contribution in [0, 0.1) is 23.0 Å². The molecular formula is C15H8F2N4O3S2. The first-order valence-electron chi connectivity index (χ1n) is 6.96. The van der Waals surface area contributed by atoms with Gasteiger partial charge in [0.05, 0.1) is 15.5 Å². The Labute approximate surface area is 151 Å². The van der Waals surface area contributed by atoms with Crippen LogP contribution in [0.2, 0.25) is 0 Å². The van der Waals surface area contributed by atoms with Crippen molar-refractivity contribution in [3.8, 4) is 6.07 Å². The number of anilines is 1. The lowest BCUT2D eigenvalue weighted by Crippen LogP contribution is -2.20. The number of nitriles is 1. The lowest BCUT2D eigenvalue weighted by molar-refractivity contribution is -0.113. The molecule has 26 heavy (non-hydrogen) atoms. The van der Waals surface area contributed by atoms with Gasteiger partial charge in [-0.2, -0.15) is 5.26 Å². The topological polar surface area (TPSA) is 119 Å². The number of hydrogen-bond donors (Lipinski definition) is 3. The minimum absolute atomic E-state index is 0.0899. The standard InChI is InChI=1S/C15H8F2N4O3S2/c16-8-2-1-6(3-9(8)17)19-10(22)5-25-14-7(4-18)11-12(26-14)13(23)21-15(24)20-11/h1-3H,5H2,(H,19,22)(H2,20,21,23,24). The fourth-order valence-corrected chi connectivity index (χ4v) is 4.22. The number of benzene rings is 1. The first kappa shape index (κ1) is 17.8. The number of carbonyl (C=O) groups is 1. The van der Waals surface area contributed by atoms with E-state index >= 15 is 0 Å². The Morgan fingerprint density at radius 2 is 2.04 bits per heavy atom. The van der Waals surface area contributed by atoms with Crippen LogP contribution in [0.3, 0.4) is 0 Å². The zero-order chi connectivity index (χ0) is 18.8. The molecule has 0 atom stereocenters. The lowest BCUT2D eigenvalue weighted by atomic mass is 10.3. The lowest BCUT2D eigenvalue weighted by Gasteiger charge is -2.05. The molecule has 3 aromatic rings. The third kappa shape index (κ3) is 3.51. The van der Waals surface area contributed by atoms with E-state index < -0.39 is 28.8 Å². The van der Waals surface area contributed by atoms with Gasteiger partial charge in [-0.15, -0.1) is 23.1 Å². The smallest absolute Gasteiger partial charge is 0.325 e. The summed E-state index contributed by atoms with van der Waals surface area (Å²) >= 11 is 1.96. The number of nitrogens with one attached hydrogen (secondary N) is 3. The van der Waals surface area contributed by atoms with E-state index in [2.05, 4.69) is 15.3 Å². The number of hydrogen-bond acceptors (Lipinski definition) is 6. The average Bonchev–Trinajstić information content (AvgIpc) is 2.94. The zero-order valence-corrected chi connectivity index (χ0v) is 14.3. The molecule has 132 valence electrons. The first-order chi connectivity index (χ1) is 12.4. The molecule has 0 aliphatic heterocycles. The second kappa shape index (κ2) is 7.11. The highest BCUT2D eigenvalue weighted by Crippen LogP contribution is 2.34. The normalized spacial score (nSPS) is 10.7. The molecule has 1 amide bonds. The molecule has 0 spiro atoms. The number of thioether (sulfide) groups is 1. The summed E-state index contributed by atoms with van der Waals surface area (Å²) < 4.78 is 26.6. The average molecular weight is 394 g/mol. The molecule has 0 aliphatic rings. The monoisotopic (exact) mass is 394 g/mol. The number of aromatic nitrogens is 2. The van der Waals surface area contributed by atoms with Crippen LogP contribution in [0.1, 0.15) is 5.56 Å². The van der Waals surface area contributed by atoms with Crippen molar-refractivity contribution in [3.63, 3.8) is 0 Å². The molecular weight excluding hydrogens is 386 g/mol. The van der Waals surface area contributed by atoms with Gasteiger partial charge in [0.2, 0.25) is 5.91 Å². The van der Waals surface area contributed by atoms with Crippen molar-refractivity contribution in [2.45, 2.75) is 4.21 Å². The molecule has 0 unspecified atom stereocenters. The number of H-pyrrole nitrogens is 2. The van der Waals surface area contributed by atoms with Gasteiger partial charge in [0.1, 0.15) is 16.3 Å². The molecule has 3 rings (SSSR count). The predicted molar refractivity (Wildman–Crippen MR) is 93.5 cm³/mol. The Morgan fingerprint density at radius 1 is 1.27 bits per heavy atom. The second-order valence-corrected chi connectivity index (χ2v) is 7.22. The van der Waals surface area contributed by atoms with Crippen molar-refractivity contribution >= 4 is 44.9 Å². The van der Waals surface area contributed by atoms with Crippen molar-refractivity contribution in [2.24, 2.45) is 0 Å². The van der Waals surface area contributed by atoms with Crippen LogP contribution >= 0.6 is 23.1 Å². The highest BCUT2D eigenvalue weighted by molar-refractivity contribution is 8.02. The van der Waals surface area contributed by atoms with E-state index in [-0.39, 0.29) is 27.2 Å². The summed E-state index contributed by atoms with van der Waals surface area (Å²) in [6, 6.07) is 4.86. The Kier molecular flexibility index (Phi) is 4.88. The maximum absolute atomic E-state index is 13.1. The van der Waals surface area contributed by atoms with Crippen LogP contribution in [0.4, 0.5) is 14.5 Å². The summed E-state index contributed by atoms with van der Waals surface area (Å²) in [5.74, 6) is -2.76. The van der Waals surface area contributed by atoms with Gasteiger partial charge in [0.15, 0.2) is 11.6 Å². The van der Waals surface area contributed by atoms with Gasteiger partial charge in [-0.05, 0) is 12.1 Å². The van der Waals surface area contributed by atoms with E-state index in [9.17, 15) is 28.4 Å². The third-order valence-corrected chi connectivity index (χ3v) is 5.66. The van der Waals surface area contributed by atoms with Gasteiger partial charge >= 0.3 is 5.69 Å². The molecule has 0 fully saturated rings. The molecule has 1 aromatic carbocycles. The number of thiophene rings is 1. The largest absolute Gasteiger partial charge is 0.326 e. The van der Waals surface area contributed by atoms with Crippen molar-refractivity contribution < 1.29 is 13.6 Å². The number of halogens is 2. The van der Waals surface area contributed by atoms with Crippen molar-refractivity contribution in [1.29, 1.82) is 5.26 Å². The quantitative estimate of drug-likeness (QED) is 0.586. The third-order valence-electron chi connectivity index (χ3n) is 3.20. The zero-order valence-electron chi connectivity index (χ0n) is 12.7. The molecule has 0 bridgehead atoms. The van der Waals surface area contributed by atoms with Gasteiger partial charge in [-0.3, -0.25) is 14.6 Å². The maximum atomic E-state index is 13.1. The summed E-state index contributed by atoms with van der Waals surface area (Å²) in [6.45, 7) is 0. The van der Waals surface area contributed by atoms with E-state index in [1.54, 1.807) is 0 Å². The number of nitrogens with zero attached hydrogens (tertiary/aromatic N) is 1. The minimum atomic E-state index is -1.09. The fraction of sp³-hybridized carbons (Fsp3) is 0.0667.